The van der Waals surface area contributed by atoms with Gasteiger partial charge in [-0.2, -0.15) is 0 Å². The highest BCUT2D eigenvalue weighted by atomic mass is 32.2. The lowest BCUT2D eigenvalue weighted by atomic mass is 10.1. The molecule has 1 heterocycles. The summed E-state index contributed by atoms with van der Waals surface area (Å²) in [6.45, 7) is 3.85. The Hall–Kier alpha value is -2.82. The van der Waals surface area contributed by atoms with Gasteiger partial charge in [-0.25, -0.2) is 4.79 Å². The minimum absolute atomic E-state index is 0.230. The van der Waals surface area contributed by atoms with Crippen molar-refractivity contribution in [2.45, 2.75) is 34.1 Å². The van der Waals surface area contributed by atoms with Crippen molar-refractivity contribution in [1.29, 1.82) is 0 Å². The molecule has 0 N–H and O–H groups in total. The minimum atomic E-state index is -0.651. The lowest BCUT2D eigenvalue weighted by Crippen LogP contribution is -2.24. The van der Waals surface area contributed by atoms with E-state index in [9.17, 15) is 4.79 Å². The number of carbonyl (C=O) groups excluding carboxylic acids is 1. The molecule has 0 aliphatic carbocycles. The van der Waals surface area contributed by atoms with Gasteiger partial charge in [-0.05, 0) is 73.8 Å². The van der Waals surface area contributed by atoms with Crippen molar-refractivity contribution < 1.29 is 9.53 Å². The molecule has 30 heavy (non-hydrogen) atoms. The number of esters is 1. The van der Waals surface area contributed by atoms with Crippen LogP contribution in [0, 0.1) is 0 Å². The summed E-state index contributed by atoms with van der Waals surface area (Å²) >= 11 is 1.59. The molecule has 0 spiro atoms. The van der Waals surface area contributed by atoms with Gasteiger partial charge in [-0.3, -0.25) is 0 Å². The fourth-order valence-electron chi connectivity index (χ4n) is 3.21. The van der Waals surface area contributed by atoms with Gasteiger partial charge >= 0.3 is 5.97 Å². The second-order valence-electron chi connectivity index (χ2n) is 7.33. The summed E-state index contributed by atoms with van der Waals surface area (Å²) < 4.78 is 5.81. The molecular weight excluding hydrogens is 408 g/mol. The molecule has 0 aliphatic rings. The lowest BCUT2D eigenvalue weighted by molar-refractivity contribution is -0.00156. The van der Waals surface area contributed by atoms with Crippen LogP contribution in [0.25, 0.3) is 0 Å². The molecule has 0 radical (unpaired) electrons. The molecule has 0 saturated carbocycles. The molecule has 1 aromatic heterocycles. The van der Waals surface area contributed by atoms with Crippen LogP contribution in [-0.2, 0) is 21.2 Å². The van der Waals surface area contributed by atoms with Gasteiger partial charge in [0.15, 0.2) is 14.7 Å². The summed E-state index contributed by atoms with van der Waals surface area (Å²) in [5.41, 5.74) is -0.0875. The van der Waals surface area contributed by atoms with E-state index >= 15 is 0 Å². The summed E-state index contributed by atoms with van der Waals surface area (Å²) in [4.78, 5) is 17.5. The van der Waals surface area contributed by atoms with E-state index in [0.29, 0.717) is 5.56 Å². The van der Waals surface area contributed by atoms with Gasteiger partial charge in [0.2, 0.25) is 0 Å². The van der Waals surface area contributed by atoms with Crippen molar-refractivity contribution in [3.05, 3.63) is 113 Å². The Kier molecular flexibility index (Phi) is 6.07. The van der Waals surface area contributed by atoms with Crippen molar-refractivity contribution in [3.63, 3.8) is 0 Å². The first-order chi connectivity index (χ1) is 14.5. The van der Waals surface area contributed by atoms with Gasteiger partial charge in [-0.1, -0.05) is 42.5 Å². The fourth-order valence-corrected chi connectivity index (χ4v) is 6.08. The SMILES string of the molecule is CC(C)(OC(=O)c1ccc([S+](c2ccccc2)c2ccccc2)cc1)c1cccs1. The normalized spacial score (nSPS) is 11.4. The molecule has 0 amide bonds. The molecule has 0 saturated heterocycles. The molecule has 4 aromatic rings. The molecule has 0 bridgehead atoms. The second kappa shape index (κ2) is 8.90. The Morgan fingerprint density at radius 2 is 1.27 bits per heavy atom. The molecule has 2 nitrogen and oxygen atoms in total. The van der Waals surface area contributed by atoms with Gasteiger partial charge in [0, 0.05) is 4.88 Å². The second-order valence-corrected chi connectivity index (χ2v) is 10.3. The Morgan fingerprint density at radius 1 is 0.733 bits per heavy atom. The number of thiophene rings is 1. The third kappa shape index (κ3) is 4.50. The van der Waals surface area contributed by atoms with Crippen molar-refractivity contribution in [1.82, 2.24) is 0 Å². The van der Waals surface area contributed by atoms with Crippen molar-refractivity contribution in [2.75, 3.05) is 0 Å². The predicted molar refractivity (Wildman–Crippen MR) is 124 cm³/mol. The monoisotopic (exact) mass is 431 g/mol. The fraction of sp³-hybridized carbons (Fsp3) is 0.115. The Morgan fingerprint density at radius 3 is 1.77 bits per heavy atom. The highest BCUT2D eigenvalue weighted by molar-refractivity contribution is 7.97. The van der Waals surface area contributed by atoms with Gasteiger partial charge in [0.25, 0.3) is 0 Å². The summed E-state index contributed by atoms with van der Waals surface area (Å²) in [5, 5.41) is 1.99. The maximum Gasteiger partial charge on any atom is 0.339 e. The average molecular weight is 432 g/mol. The van der Waals surface area contributed by atoms with E-state index in [0.717, 1.165) is 4.88 Å². The Balaban J connectivity index is 1.60. The van der Waals surface area contributed by atoms with E-state index in [-0.39, 0.29) is 16.9 Å². The standard InChI is InChI=1S/C26H23O2S2/c1-26(2,24-14-9-19-29-24)28-25(27)20-15-17-23(18-16-20)30(21-10-5-3-6-11-21)22-12-7-4-8-13-22/h3-19H,1-2H3/q+1. The Labute approximate surface area is 184 Å². The molecule has 0 fully saturated rings. The Bertz CT molecular complexity index is 1050. The zero-order chi connectivity index (χ0) is 21.0. The summed E-state index contributed by atoms with van der Waals surface area (Å²) in [5.74, 6) is -0.306. The molecule has 4 heteroatoms. The maximum absolute atomic E-state index is 12.8. The van der Waals surface area contributed by atoms with Crippen LogP contribution < -0.4 is 0 Å². The number of carbonyl (C=O) groups is 1. The van der Waals surface area contributed by atoms with Crippen LogP contribution in [0.3, 0.4) is 0 Å². The van der Waals surface area contributed by atoms with E-state index in [1.807, 2.05) is 67.8 Å². The maximum atomic E-state index is 12.8. The topological polar surface area (TPSA) is 26.3 Å². The largest absolute Gasteiger partial charge is 0.450 e. The minimum Gasteiger partial charge on any atom is -0.450 e. The highest BCUT2D eigenvalue weighted by Crippen LogP contribution is 2.32. The van der Waals surface area contributed by atoms with Crippen molar-refractivity contribution in [3.8, 4) is 0 Å². The summed E-state index contributed by atoms with van der Waals surface area (Å²) in [6.07, 6.45) is 0. The predicted octanol–water partition coefficient (Wildman–Crippen LogP) is 6.94. The van der Waals surface area contributed by atoms with Crippen LogP contribution in [0.15, 0.2) is 117 Å². The van der Waals surface area contributed by atoms with Crippen LogP contribution in [-0.4, -0.2) is 5.97 Å². The van der Waals surface area contributed by atoms with E-state index in [4.69, 9.17) is 4.74 Å². The first-order valence-electron chi connectivity index (χ1n) is 9.76. The number of hydrogen-bond acceptors (Lipinski definition) is 3. The molecule has 3 aromatic carbocycles. The molecule has 150 valence electrons. The highest BCUT2D eigenvalue weighted by Gasteiger charge is 2.30. The van der Waals surface area contributed by atoms with Crippen LogP contribution in [0.5, 0.6) is 0 Å². The van der Waals surface area contributed by atoms with Crippen molar-refractivity contribution >= 4 is 28.2 Å². The lowest BCUT2D eigenvalue weighted by Gasteiger charge is -2.23. The van der Waals surface area contributed by atoms with E-state index in [1.165, 1.54) is 14.7 Å². The molecule has 0 aliphatic heterocycles. The molecule has 4 rings (SSSR count). The van der Waals surface area contributed by atoms with Crippen molar-refractivity contribution in [2.24, 2.45) is 0 Å². The van der Waals surface area contributed by atoms with E-state index in [1.54, 1.807) is 11.3 Å². The van der Waals surface area contributed by atoms with Crippen LogP contribution in [0.2, 0.25) is 0 Å². The first kappa shape index (κ1) is 20.5. The van der Waals surface area contributed by atoms with Gasteiger partial charge in [0.05, 0.1) is 16.5 Å². The smallest absolute Gasteiger partial charge is 0.339 e. The summed E-state index contributed by atoms with van der Waals surface area (Å²) in [6, 6.07) is 32.7. The number of hydrogen-bond donors (Lipinski definition) is 0. The summed E-state index contributed by atoms with van der Waals surface area (Å²) in [7, 11) is -0.230. The average Bonchev–Trinajstić information content (AvgIpc) is 3.32. The molecular formula is C26H23O2S2+. The number of benzene rings is 3. The number of ether oxygens (including phenoxy) is 1. The number of rotatable bonds is 6. The van der Waals surface area contributed by atoms with E-state index in [2.05, 4.69) is 48.5 Å². The zero-order valence-corrected chi connectivity index (χ0v) is 18.6. The first-order valence-corrected chi connectivity index (χ1v) is 11.9. The third-order valence-electron chi connectivity index (χ3n) is 4.75. The van der Waals surface area contributed by atoms with E-state index < -0.39 is 5.60 Å². The molecule has 0 atom stereocenters. The van der Waals surface area contributed by atoms with Crippen LogP contribution >= 0.6 is 11.3 Å². The zero-order valence-electron chi connectivity index (χ0n) is 16.9. The van der Waals surface area contributed by atoms with Crippen LogP contribution in [0.1, 0.15) is 29.1 Å². The molecule has 0 unspecified atom stereocenters. The van der Waals surface area contributed by atoms with Gasteiger partial charge < -0.3 is 4.74 Å². The quantitative estimate of drug-likeness (QED) is 0.244. The van der Waals surface area contributed by atoms with Crippen LogP contribution in [0.4, 0.5) is 0 Å². The third-order valence-corrected chi connectivity index (χ3v) is 8.15. The van der Waals surface area contributed by atoms with Gasteiger partial charge in [-0.15, -0.1) is 11.3 Å². The van der Waals surface area contributed by atoms with Gasteiger partial charge in [0.1, 0.15) is 5.60 Å².